The SMILES string of the molecule is CCCN(c1ccc(N)cc1C(=O)O)C(C)C. The van der Waals surface area contributed by atoms with E-state index in [1.54, 1.807) is 12.1 Å². The van der Waals surface area contributed by atoms with Gasteiger partial charge in [-0.25, -0.2) is 4.79 Å². The standard InChI is InChI=1S/C13H20N2O2/c1-4-7-15(9(2)3)12-6-5-10(14)8-11(12)13(16)17/h5-6,8-9H,4,7,14H2,1-3H3,(H,16,17). The highest BCUT2D eigenvalue weighted by Gasteiger charge is 2.17. The van der Waals surface area contributed by atoms with E-state index in [0.717, 1.165) is 18.7 Å². The lowest BCUT2D eigenvalue weighted by Crippen LogP contribution is -2.32. The predicted octanol–water partition coefficient (Wildman–Crippen LogP) is 2.59. The lowest BCUT2D eigenvalue weighted by molar-refractivity contribution is 0.0697. The van der Waals surface area contributed by atoms with Gasteiger partial charge in [0.15, 0.2) is 0 Å². The van der Waals surface area contributed by atoms with Gasteiger partial charge >= 0.3 is 5.97 Å². The molecule has 17 heavy (non-hydrogen) atoms. The fraction of sp³-hybridized carbons (Fsp3) is 0.462. The second kappa shape index (κ2) is 5.57. The first-order valence-electron chi connectivity index (χ1n) is 5.86. The van der Waals surface area contributed by atoms with Crippen LogP contribution in [0.25, 0.3) is 0 Å². The van der Waals surface area contributed by atoms with Crippen molar-refractivity contribution in [3.63, 3.8) is 0 Å². The summed E-state index contributed by atoms with van der Waals surface area (Å²) in [5.74, 6) is -0.936. The van der Waals surface area contributed by atoms with E-state index in [0.29, 0.717) is 5.69 Å². The molecular weight excluding hydrogens is 216 g/mol. The molecule has 0 aliphatic carbocycles. The van der Waals surface area contributed by atoms with Crippen LogP contribution < -0.4 is 10.6 Å². The molecule has 4 nitrogen and oxygen atoms in total. The minimum atomic E-state index is -0.936. The van der Waals surface area contributed by atoms with Crippen LogP contribution in [-0.4, -0.2) is 23.7 Å². The zero-order valence-electron chi connectivity index (χ0n) is 10.6. The highest BCUT2D eigenvalue weighted by atomic mass is 16.4. The third-order valence-corrected chi connectivity index (χ3v) is 2.65. The van der Waals surface area contributed by atoms with E-state index in [1.165, 1.54) is 6.07 Å². The van der Waals surface area contributed by atoms with Crippen LogP contribution in [-0.2, 0) is 0 Å². The molecule has 0 bridgehead atoms. The minimum Gasteiger partial charge on any atom is -0.478 e. The molecule has 0 saturated heterocycles. The van der Waals surface area contributed by atoms with Gasteiger partial charge in [-0.05, 0) is 38.5 Å². The van der Waals surface area contributed by atoms with Gasteiger partial charge in [-0.2, -0.15) is 0 Å². The van der Waals surface area contributed by atoms with E-state index >= 15 is 0 Å². The Hall–Kier alpha value is -1.71. The largest absolute Gasteiger partial charge is 0.478 e. The Morgan fingerprint density at radius 2 is 2.12 bits per heavy atom. The molecular formula is C13H20N2O2. The Morgan fingerprint density at radius 3 is 2.59 bits per heavy atom. The zero-order chi connectivity index (χ0) is 13.0. The summed E-state index contributed by atoms with van der Waals surface area (Å²) < 4.78 is 0. The summed E-state index contributed by atoms with van der Waals surface area (Å²) >= 11 is 0. The number of benzene rings is 1. The molecule has 1 rings (SSSR count). The van der Waals surface area contributed by atoms with Gasteiger partial charge in [-0.3, -0.25) is 0 Å². The second-order valence-electron chi connectivity index (χ2n) is 4.37. The molecule has 1 aromatic rings. The zero-order valence-corrected chi connectivity index (χ0v) is 10.6. The third kappa shape index (κ3) is 3.12. The van der Waals surface area contributed by atoms with E-state index in [1.807, 2.05) is 0 Å². The smallest absolute Gasteiger partial charge is 0.337 e. The Balaban J connectivity index is 3.22. The minimum absolute atomic E-state index is 0.261. The van der Waals surface area contributed by atoms with Crippen LogP contribution in [0.5, 0.6) is 0 Å². The van der Waals surface area contributed by atoms with E-state index in [2.05, 4.69) is 25.7 Å². The van der Waals surface area contributed by atoms with E-state index in [9.17, 15) is 9.90 Å². The summed E-state index contributed by atoms with van der Waals surface area (Å²) in [5.41, 5.74) is 7.12. The number of carboxylic acid groups (broad SMARTS) is 1. The highest BCUT2D eigenvalue weighted by molar-refractivity contribution is 5.95. The van der Waals surface area contributed by atoms with Gasteiger partial charge in [0.1, 0.15) is 0 Å². The van der Waals surface area contributed by atoms with Gasteiger partial charge < -0.3 is 15.7 Å². The number of hydrogen-bond acceptors (Lipinski definition) is 3. The molecule has 0 atom stereocenters. The number of nitrogen functional groups attached to an aromatic ring is 1. The molecule has 4 heteroatoms. The molecule has 0 radical (unpaired) electrons. The monoisotopic (exact) mass is 236 g/mol. The molecule has 0 spiro atoms. The van der Waals surface area contributed by atoms with Crippen molar-refractivity contribution >= 4 is 17.3 Å². The predicted molar refractivity (Wildman–Crippen MR) is 70.6 cm³/mol. The molecule has 3 N–H and O–H groups in total. The van der Waals surface area contributed by atoms with Crippen LogP contribution >= 0.6 is 0 Å². The Bertz CT molecular complexity index is 402. The number of hydrogen-bond donors (Lipinski definition) is 2. The maximum absolute atomic E-state index is 11.2. The number of nitrogens with two attached hydrogens (primary N) is 1. The second-order valence-corrected chi connectivity index (χ2v) is 4.37. The first-order chi connectivity index (χ1) is 7.97. The van der Waals surface area contributed by atoms with Crippen molar-refractivity contribution < 1.29 is 9.90 Å². The molecule has 0 amide bonds. The van der Waals surface area contributed by atoms with E-state index in [-0.39, 0.29) is 11.6 Å². The number of carboxylic acids is 1. The van der Waals surface area contributed by atoms with Crippen LogP contribution in [0.2, 0.25) is 0 Å². The molecule has 0 saturated carbocycles. The highest BCUT2D eigenvalue weighted by Crippen LogP contribution is 2.25. The maximum Gasteiger partial charge on any atom is 0.337 e. The van der Waals surface area contributed by atoms with Crippen molar-refractivity contribution in [1.82, 2.24) is 0 Å². The fourth-order valence-electron chi connectivity index (χ4n) is 1.87. The van der Waals surface area contributed by atoms with Crippen LogP contribution in [0, 0.1) is 0 Å². The molecule has 1 aromatic carbocycles. The third-order valence-electron chi connectivity index (χ3n) is 2.65. The summed E-state index contributed by atoms with van der Waals surface area (Å²) in [7, 11) is 0. The van der Waals surface area contributed by atoms with Crippen molar-refractivity contribution in [3.05, 3.63) is 23.8 Å². The van der Waals surface area contributed by atoms with Gasteiger partial charge in [-0.1, -0.05) is 6.92 Å². The van der Waals surface area contributed by atoms with Crippen molar-refractivity contribution in [2.45, 2.75) is 33.2 Å². The number of nitrogens with zero attached hydrogens (tertiary/aromatic N) is 1. The maximum atomic E-state index is 11.2. The van der Waals surface area contributed by atoms with Gasteiger partial charge in [-0.15, -0.1) is 0 Å². The first-order valence-corrected chi connectivity index (χ1v) is 5.86. The van der Waals surface area contributed by atoms with Crippen LogP contribution in [0.15, 0.2) is 18.2 Å². The van der Waals surface area contributed by atoms with Gasteiger partial charge in [0.2, 0.25) is 0 Å². The lowest BCUT2D eigenvalue weighted by atomic mass is 10.1. The topological polar surface area (TPSA) is 66.6 Å². The van der Waals surface area contributed by atoms with Crippen LogP contribution in [0.1, 0.15) is 37.6 Å². The quantitative estimate of drug-likeness (QED) is 0.771. The lowest BCUT2D eigenvalue weighted by Gasteiger charge is -2.30. The Morgan fingerprint density at radius 1 is 1.47 bits per heavy atom. The summed E-state index contributed by atoms with van der Waals surface area (Å²) in [4.78, 5) is 13.3. The summed E-state index contributed by atoms with van der Waals surface area (Å²) in [6.45, 7) is 7.02. The average Bonchev–Trinajstić information content (AvgIpc) is 2.26. The Labute approximate surface area is 102 Å². The molecule has 0 aromatic heterocycles. The normalized spacial score (nSPS) is 10.6. The van der Waals surface area contributed by atoms with Crippen LogP contribution in [0.4, 0.5) is 11.4 Å². The summed E-state index contributed by atoms with van der Waals surface area (Å²) in [5, 5.41) is 9.21. The number of anilines is 2. The van der Waals surface area contributed by atoms with Crippen molar-refractivity contribution in [2.75, 3.05) is 17.2 Å². The summed E-state index contributed by atoms with van der Waals surface area (Å²) in [6, 6.07) is 5.31. The first kappa shape index (κ1) is 13.4. The summed E-state index contributed by atoms with van der Waals surface area (Å²) in [6.07, 6.45) is 0.974. The molecule has 0 aliphatic heterocycles. The molecule has 0 unspecified atom stereocenters. The van der Waals surface area contributed by atoms with E-state index < -0.39 is 5.97 Å². The van der Waals surface area contributed by atoms with E-state index in [4.69, 9.17) is 5.73 Å². The van der Waals surface area contributed by atoms with Crippen LogP contribution in [0.3, 0.4) is 0 Å². The number of carbonyl (C=O) groups is 1. The van der Waals surface area contributed by atoms with Gasteiger partial charge in [0.25, 0.3) is 0 Å². The van der Waals surface area contributed by atoms with Gasteiger partial charge in [0.05, 0.1) is 11.3 Å². The Kier molecular flexibility index (Phi) is 4.37. The van der Waals surface area contributed by atoms with Gasteiger partial charge in [0, 0.05) is 18.3 Å². The van der Waals surface area contributed by atoms with Crippen molar-refractivity contribution in [3.8, 4) is 0 Å². The fourth-order valence-corrected chi connectivity index (χ4v) is 1.87. The van der Waals surface area contributed by atoms with Crippen molar-refractivity contribution in [2.24, 2.45) is 0 Å². The average molecular weight is 236 g/mol. The molecule has 94 valence electrons. The van der Waals surface area contributed by atoms with Crippen molar-refractivity contribution in [1.29, 1.82) is 0 Å². The molecule has 0 fully saturated rings. The molecule has 0 aliphatic rings. The number of aromatic carboxylic acids is 1. The molecule has 0 heterocycles. The number of rotatable bonds is 5.